The minimum Gasteiger partial charge on any atom is -0.408 e. The van der Waals surface area contributed by atoms with Gasteiger partial charge < -0.3 is 15.1 Å². The smallest absolute Gasteiger partial charge is 0.408 e. The molecule has 0 atom stereocenters. The fourth-order valence-corrected chi connectivity index (χ4v) is 1.85. The number of nitrogen functional groups attached to an aromatic ring is 1. The van der Waals surface area contributed by atoms with Crippen molar-refractivity contribution in [1.82, 2.24) is 4.98 Å². The maximum Gasteiger partial charge on any atom is 0.417 e. The molecule has 0 aliphatic heterocycles. The van der Waals surface area contributed by atoms with Gasteiger partial charge in [-0.2, -0.15) is 0 Å². The van der Waals surface area contributed by atoms with Gasteiger partial charge in [0.15, 0.2) is 5.58 Å². The molecule has 0 radical (unpaired) electrons. The monoisotopic (exact) mass is 235 g/mol. The van der Waals surface area contributed by atoms with Crippen LogP contribution in [0.4, 0.5) is 11.4 Å². The highest BCUT2D eigenvalue weighted by atomic mass is 16.4. The van der Waals surface area contributed by atoms with Crippen LogP contribution < -0.4 is 16.4 Å². The van der Waals surface area contributed by atoms with E-state index in [0.717, 1.165) is 25.1 Å². The van der Waals surface area contributed by atoms with Gasteiger partial charge in [0.1, 0.15) is 0 Å². The number of H-pyrrole nitrogens is 1. The van der Waals surface area contributed by atoms with E-state index in [1.807, 2.05) is 13.1 Å². The van der Waals surface area contributed by atoms with Crippen molar-refractivity contribution in [2.45, 2.75) is 19.8 Å². The number of hydrogen-bond acceptors (Lipinski definition) is 4. The van der Waals surface area contributed by atoms with Gasteiger partial charge in [0.05, 0.1) is 16.9 Å². The van der Waals surface area contributed by atoms with Crippen LogP contribution in [0.3, 0.4) is 0 Å². The summed E-state index contributed by atoms with van der Waals surface area (Å²) >= 11 is 0. The second kappa shape index (κ2) is 4.53. The van der Waals surface area contributed by atoms with Gasteiger partial charge in [-0.05, 0) is 12.5 Å². The normalized spacial score (nSPS) is 10.9. The predicted molar refractivity (Wildman–Crippen MR) is 69.4 cm³/mol. The van der Waals surface area contributed by atoms with Crippen molar-refractivity contribution >= 4 is 22.5 Å². The Kier molecular flexibility index (Phi) is 3.08. The average Bonchev–Trinajstić information content (AvgIpc) is 2.64. The molecule has 17 heavy (non-hydrogen) atoms. The topological polar surface area (TPSA) is 75.3 Å². The highest BCUT2D eigenvalue weighted by Gasteiger charge is 2.09. The van der Waals surface area contributed by atoms with Crippen LogP contribution in [0.15, 0.2) is 21.3 Å². The number of oxazole rings is 1. The zero-order valence-corrected chi connectivity index (χ0v) is 10.1. The van der Waals surface area contributed by atoms with Crippen molar-refractivity contribution in [3.63, 3.8) is 0 Å². The third-order valence-corrected chi connectivity index (χ3v) is 2.83. The summed E-state index contributed by atoms with van der Waals surface area (Å²) in [6.45, 7) is 3.09. The largest absolute Gasteiger partial charge is 0.417 e. The highest BCUT2D eigenvalue weighted by molar-refractivity contribution is 5.85. The van der Waals surface area contributed by atoms with Gasteiger partial charge in [-0.15, -0.1) is 0 Å². The number of anilines is 2. The van der Waals surface area contributed by atoms with Gasteiger partial charge in [-0.3, -0.25) is 4.98 Å². The van der Waals surface area contributed by atoms with Crippen LogP contribution in [-0.4, -0.2) is 18.6 Å². The van der Waals surface area contributed by atoms with Gasteiger partial charge >= 0.3 is 5.76 Å². The van der Waals surface area contributed by atoms with Crippen molar-refractivity contribution in [2.24, 2.45) is 0 Å². The molecule has 0 bridgehead atoms. The number of benzene rings is 1. The summed E-state index contributed by atoms with van der Waals surface area (Å²) in [7, 11) is 1.99. The number of nitrogens with two attached hydrogens (primary N) is 1. The molecule has 1 aromatic carbocycles. The minimum atomic E-state index is -0.451. The van der Waals surface area contributed by atoms with E-state index in [0.29, 0.717) is 16.8 Å². The van der Waals surface area contributed by atoms with E-state index >= 15 is 0 Å². The summed E-state index contributed by atoms with van der Waals surface area (Å²) in [4.78, 5) is 15.8. The molecular formula is C12H17N3O2. The number of rotatable bonds is 4. The van der Waals surface area contributed by atoms with Crippen LogP contribution in [0.1, 0.15) is 19.8 Å². The lowest BCUT2D eigenvalue weighted by molar-refractivity contribution is 0.555. The second-order valence-corrected chi connectivity index (χ2v) is 4.20. The van der Waals surface area contributed by atoms with Crippen molar-refractivity contribution in [3.8, 4) is 0 Å². The summed E-state index contributed by atoms with van der Waals surface area (Å²) < 4.78 is 4.95. The minimum absolute atomic E-state index is 0.451. The summed E-state index contributed by atoms with van der Waals surface area (Å²) in [5.74, 6) is -0.451. The summed E-state index contributed by atoms with van der Waals surface area (Å²) in [5.41, 5.74) is 8.68. The maximum atomic E-state index is 11.1. The lowest BCUT2D eigenvalue weighted by atomic mass is 10.2. The van der Waals surface area contributed by atoms with Gasteiger partial charge in [0.2, 0.25) is 0 Å². The molecule has 0 amide bonds. The average molecular weight is 235 g/mol. The molecule has 3 N–H and O–H groups in total. The van der Waals surface area contributed by atoms with Gasteiger partial charge in [-0.25, -0.2) is 4.79 Å². The maximum absolute atomic E-state index is 11.1. The first kappa shape index (κ1) is 11.6. The molecule has 92 valence electrons. The van der Waals surface area contributed by atoms with Crippen LogP contribution in [0.5, 0.6) is 0 Å². The fourth-order valence-electron chi connectivity index (χ4n) is 1.85. The first-order valence-corrected chi connectivity index (χ1v) is 5.75. The number of fused-ring (bicyclic) bond motifs is 1. The highest BCUT2D eigenvalue weighted by Crippen LogP contribution is 2.27. The number of aromatic amines is 1. The SMILES string of the molecule is CCCCN(C)c1cc2[nH]c(=O)oc2cc1N. The van der Waals surface area contributed by atoms with Gasteiger partial charge in [0.25, 0.3) is 0 Å². The molecule has 5 nitrogen and oxygen atoms in total. The van der Waals surface area contributed by atoms with E-state index < -0.39 is 5.76 Å². The number of unbranched alkanes of at least 4 members (excludes halogenated alkanes) is 1. The Morgan fingerprint density at radius 2 is 2.24 bits per heavy atom. The lowest BCUT2D eigenvalue weighted by Crippen LogP contribution is -2.19. The molecule has 2 rings (SSSR count). The number of aromatic nitrogens is 1. The van der Waals surface area contributed by atoms with E-state index in [4.69, 9.17) is 10.2 Å². The molecule has 2 aromatic rings. The van der Waals surface area contributed by atoms with Gasteiger partial charge in [-0.1, -0.05) is 13.3 Å². The zero-order valence-electron chi connectivity index (χ0n) is 10.1. The van der Waals surface area contributed by atoms with Gasteiger partial charge in [0, 0.05) is 19.7 Å². The Morgan fingerprint density at radius 3 is 2.94 bits per heavy atom. The standard InChI is InChI=1S/C12H17N3O2/c1-3-4-5-15(2)10-7-9-11(6-8(10)13)17-12(16)14-9/h6-7H,3-5,13H2,1-2H3,(H,14,16). The van der Waals surface area contributed by atoms with E-state index in [-0.39, 0.29) is 0 Å². The third-order valence-electron chi connectivity index (χ3n) is 2.83. The van der Waals surface area contributed by atoms with Crippen LogP contribution >= 0.6 is 0 Å². The number of hydrogen-bond donors (Lipinski definition) is 2. The Balaban J connectivity index is 2.39. The quantitative estimate of drug-likeness (QED) is 0.794. The van der Waals surface area contributed by atoms with E-state index in [2.05, 4.69) is 16.8 Å². The van der Waals surface area contributed by atoms with Crippen molar-refractivity contribution in [2.75, 3.05) is 24.2 Å². The molecule has 0 unspecified atom stereocenters. The van der Waals surface area contributed by atoms with Crippen LogP contribution in [0, 0.1) is 0 Å². The summed E-state index contributed by atoms with van der Waals surface area (Å²) in [5, 5.41) is 0. The molecular weight excluding hydrogens is 218 g/mol. The van der Waals surface area contributed by atoms with Crippen LogP contribution in [0.25, 0.3) is 11.1 Å². The van der Waals surface area contributed by atoms with E-state index in [1.165, 1.54) is 0 Å². The molecule has 0 saturated carbocycles. The first-order valence-electron chi connectivity index (χ1n) is 5.75. The first-order chi connectivity index (χ1) is 8.11. The van der Waals surface area contributed by atoms with Crippen molar-refractivity contribution < 1.29 is 4.42 Å². The predicted octanol–water partition coefficient (Wildman–Crippen LogP) is 1.94. The second-order valence-electron chi connectivity index (χ2n) is 4.20. The van der Waals surface area contributed by atoms with Crippen LogP contribution in [0.2, 0.25) is 0 Å². The summed E-state index contributed by atoms with van der Waals surface area (Å²) in [6.07, 6.45) is 2.24. The third kappa shape index (κ3) is 2.27. The van der Waals surface area contributed by atoms with E-state index in [1.54, 1.807) is 6.07 Å². The molecule has 0 aliphatic carbocycles. The van der Waals surface area contributed by atoms with Crippen LogP contribution in [-0.2, 0) is 0 Å². The Morgan fingerprint density at radius 1 is 1.47 bits per heavy atom. The molecule has 0 spiro atoms. The van der Waals surface area contributed by atoms with Crippen molar-refractivity contribution in [1.29, 1.82) is 0 Å². The molecule has 0 aliphatic rings. The molecule has 1 heterocycles. The van der Waals surface area contributed by atoms with Crippen molar-refractivity contribution in [3.05, 3.63) is 22.7 Å². The Labute approximate surface area is 99.2 Å². The molecule has 0 saturated heterocycles. The number of nitrogens with one attached hydrogen (secondary N) is 1. The molecule has 0 fully saturated rings. The zero-order chi connectivity index (χ0) is 12.4. The van der Waals surface area contributed by atoms with E-state index in [9.17, 15) is 4.79 Å². The molecule has 1 aromatic heterocycles. The summed E-state index contributed by atoms with van der Waals surface area (Å²) in [6, 6.07) is 3.54. The Bertz CT molecular complexity index is 571. The fraction of sp³-hybridized carbons (Fsp3) is 0.417. The Hall–Kier alpha value is -1.91. The number of nitrogens with zero attached hydrogens (tertiary/aromatic N) is 1. The lowest BCUT2D eigenvalue weighted by Gasteiger charge is -2.20. The molecule has 5 heteroatoms.